The number of nitrogens with zero attached hydrogens (tertiary/aromatic N) is 2. The summed E-state index contributed by atoms with van der Waals surface area (Å²) in [6.45, 7) is 5.26. The quantitative estimate of drug-likeness (QED) is 0.876. The Hall–Kier alpha value is -1.06. The van der Waals surface area contributed by atoms with E-state index in [0.717, 1.165) is 32.2 Å². The van der Waals surface area contributed by atoms with Gasteiger partial charge in [0.2, 0.25) is 0 Å². The van der Waals surface area contributed by atoms with Crippen molar-refractivity contribution >= 4 is 24.8 Å². The topological polar surface area (TPSA) is 59.3 Å². The van der Waals surface area contributed by atoms with Crippen LogP contribution in [0.1, 0.15) is 24.1 Å². The minimum absolute atomic E-state index is 0. The third kappa shape index (κ3) is 3.74. The molecule has 1 aromatic carbocycles. The molecular formula is C13H18Cl2FN3O. The number of phenolic OH excluding ortho intramolecular Hbond substituents is 1. The van der Waals surface area contributed by atoms with E-state index < -0.39 is 11.6 Å². The average molecular weight is 322 g/mol. The van der Waals surface area contributed by atoms with Crippen molar-refractivity contribution in [2.75, 3.05) is 26.2 Å². The lowest BCUT2D eigenvalue weighted by molar-refractivity contribution is 0.182. The van der Waals surface area contributed by atoms with E-state index in [2.05, 4.69) is 10.2 Å². The fourth-order valence-electron chi connectivity index (χ4n) is 2.35. The van der Waals surface area contributed by atoms with E-state index in [1.54, 1.807) is 0 Å². The van der Waals surface area contributed by atoms with Crippen LogP contribution in [0.2, 0.25) is 0 Å². The molecule has 2 rings (SSSR count). The van der Waals surface area contributed by atoms with Gasteiger partial charge in [-0.15, -0.1) is 24.8 Å². The Morgan fingerprint density at radius 2 is 1.95 bits per heavy atom. The molecule has 1 aliphatic heterocycles. The summed E-state index contributed by atoms with van der Waals surface area (Å²) < 4.78 is 13.4. The van der Waals surface area contributed by atoms with E-state index >= 15 is 0 Å². The first-order chi connectivity index (χ1) is 8.65. The van der Waals surface area contributed by atoms with Crippen molar-refractivity contribution in [3.8, 4) is 11.8 Å². The molecule has 7 heteroatoms. The number of piperazine rings is 1. The maximum absolute atomic E-state index is 13.4. The minimum atomic E-state index is -0.675. The summed E-state index contributed by atoms with van der Waals surface area (Å²) in [7, 11) is 0. The van der Waals surface area contributed by atoms with E-state index in [1.165, 1.54) is 6.07 Å². The zero-order valence-electron chi connectivity index (χ0n) is 11.1. The summed E-state index contributed by atoms with van der Waals surface area (Å²) in [6, 6.07) is 4.39. The van der Waals surface area contributed by atoms with Gasteiger partial charge in [-0.3, -0.25) is 4.90 Å². The Kier molecular flexibility index (Phi) is 7.84. The molecule has 0 bridgehead atoms. The Morgan fingerprint density at radius 1 is 1.35 bits per heavy atom. The third-order valence-corrected chi connectivity index (χ3v) is 3.41. The number of halogens is 3. The van der Waals surface area contributed by atoms with Crippen LogP contribution < -0.4 is 5.32 Å². The van der Waals surface area contributed by atoms with Gasteiger partial charge >= 0.3 is 0 Å². The number of nitriles is 1. The average Bonchev–Trinajstić information content (AvgIpc) is 2.42. The molecule has 0 aromatic heterocycles. The van der Waals surface area contributed by atoms with Gasteiger partial charge in [0.15, 0.2) is 11.6 Å². The van der Waals surface area contributed by atoms with Crippen molar-refractivity contribution in [3.05, 3.63) is 29.1 Å². The molecule has 0 unspecified atom stereocenters. The molecule has 0 aliphatic carbocycles. The molecule has 1 saturated heterocycles. The maximum Gasteiger partial charge on any atom is 0.165 e. The first-order valence-electron chi connectivity index (χ1n) is 6.01. The van der Waals surface area contributed by atoms with Crippen LogP contribution in [0.4, 0.5) is 4.39 Å². The molecule has 0 amide bonds. The van der Waals surface area contributed by atoms with Crippen LogP contribution in [0.3, 0.4) is 0 Å². The zero-order chi connectivity index (χ0) is 13.1. The number of aromatic hydroxyl groups is 1. The van der Waals surface area contributed by atoms with Crippen LogP contribution in [0.25, 0.3) is 0 Å². The molecule has 112 valence electrons. The van der Waals surface area contributed by atoms with Crippen molar-refractivity contribution in [3.63, 3.8) is 0 Å². The standard InChI is InChI=1S/C13H16FN3O.2ClH/c1-9(17-6-4-16-5-7-17)12-10(8-15)2-3-11(14)13(12)18;;/h2-3,9,16,18H,4-7H2,1H3;2*1H/t9-;;/m1../s1. The first kappa shape index (κ1) is 18.9. The number of hydrogen-bond acceptors (Lipinski definition) is 4. The van der Waals surface area contributed by atoms with Gasteiger partial charge in [-0.05, 0) is 19.1 Å². The molecule has 2 N–H and O–H groups in total. The lowest BCUT2D eigenvalue weighted by Crippen LogP contribution is -2.44. The van der Waals surface area contributed by atoms with E-state index in [0.29, 0.717) is 11.1 Å². The highest BCUT2D eigenvalue weighted by atomic mass is 35.5. The predicted molar refractivity (Wildman–Crippen MR) is 80.1 cm³/mol. The second kappa shape index (κ2) is 8.28. The van der Waals surface area contributed by atoms with Crippen LogP contribution >= 0.6 is 24.8 Å². The number of phenols is 1. The van der Waals surface area contributed by atoms with Gasteiger partial charge in [-0.1, -0.05) is 0 Å². The largest absolute Gasteiger partial charge is 0.505 e. The smallest absolute Gasteiger partial charge is 0.165 e. The number of rotatable bonds is 2. The number of nitrogens with one attached hydrogen (secondary N) is 1. The molecule has 1 aliphatic rings. The predicted octanol–water partition coefficient (Wildman–Crippen LogP) is 2.21. The number of benzene rings is 1. The lowest BCUT2D eigenvalue weighted by Gasteiger charge is -2.33. The van der Waals surface area contributed by atoms with E-state index in [9.17, 15) is 9.50 Å². The fourth-order valence-corrected chi connectivity index (χ4v) is 2.35. The minimum Gasteiger partial charge on any atom is -0.505 e. The van der Waals surface area contributed by atoms with Crippen LogP contribution in [0.5, 0.6) is 5.75 Å². The lowest BCUT2D eigenvalue weighted by atomic mass is 9.99. The molecule has 4 nitrogen and oxygen atoms in total. The van der Waals surface area contributed by atoms with Crippen LogP contribution in [0, 0.1) is 17.1 Å². The molecule has 1 atom stereocenters. The summed E-state index contributed by atoms with van der Waals surface area (Å²) in [5, 5.41) is 22.1. The molecule has 20 heavy (non-hydrogen) atoms. The van der Waals surface area contributed by atoms with Gasteiger partial charge in [0.1, 0.15) is 0 Å². The van der Waals surface area contributed by atoms with Gasteiger partial charge in [0, 0.05) is 37.8 Å². The summed E-state index contributed by atoms with van der Waals surface area (Å²) in [4.78, 5) is 2.13. The van der Waals surface area contributed by atoms with E-state index in [4.69, 9.17) is 5.26 Å². The molecule has 1 heterocycles. The molecule has 0 saturated carbocycles. The van der Waals surface area contributed by atoms with Gasteiger partial charge < -0.3 is 10.4 Å². The van der Waals surface area contributed by atoms with Crippen molar-refractivity contribution in [1.82, 2.24) is 10.2 Å². The monoisotopic (exact) mass is 321 g/mol. The molecule has 1 aromatic rings. The normalized spacial score (nSPS) is 16.4. The van der Waals surface area contributed by atoms with Crippen LogP contribution in [0.15, 0.2) is 12.1 Å². The summed E-state index contributed by atoms with van der Waals surface area (Å²) in [5.41, 5.74) is 0.722. The Bertz CT molecular complexity index is 487. The van der Waals surface area contributed by atoms with Crippen LogP contribution in [-0.2, 0) is 0 Å². The summed E-state index contributed by atoms with van der Waals surface area (Å²) in [5.74, 6) is -1.08. The molecule has 0 radical (unpaired) electrons. The third-order valence-electron chi connectivity index (χ3n) is 3.41. The zero-order valence-corrected chi connectivity index (χ0v) is 12.7. The van der Waals surface area contributed by atoms with Gasteiger partial charge in [0.05, 0.1) is 11.6 Å². The highest BCUT2D eigenvalue weighted by molar-refractivity contribution is 5.85. The van der Waals surface area contributed by atoms with E-state index in [-0.39, 0.29) is 30.9 Å². The maximum atomic E-state index is 13.4. The van der Waals surface area contributed by atoms with Gasteiger partial charge in [-0.25, -0.2) is 4.39 Å². The number of hydrogen-bond donors (Lipinski definition) is 2. The van der Waals surface area contributed by atoms with Crippen molar-refractivity contribution < 1.29 is 9.50 Å². The van der Waals surface area contributed by atoms with Crippen molar-refractivity contribution in [2.24, 2.45) is 0 Å². The SMILES string of the molecule is C[C@H](c1c(C#N)ccc(F)c1O)N1CCNCC1.Cl.Cl. The van der Waals surface area contributed by atoms with Gasteiger partial charge in [-0.2, -0.15) is 5.26 Å². The Labute approximate surface area is 130 Å². The molecular weight excluding hydrogens is 304 g/mol. The van der Waals surface area contributed by atoms with E-state index in [1.807, 2.05) is 13.0 Å². The Balaban J connectivity index is 0.00000180. The highest BCUT2D eigenvalue weighted by Crippen LogP contribution is 2.33. The van der Waals surface area contributed by atoms with Gasteiger partial charge in [0.25, 0.3) is 0 Å². The van der Waals surface area contributed by atoms with Crippen molar-refractivity contribution in [2.45, 2.75) is 13.0 Å². The second-order valence-electron chi connectivity index (χ2n) is 4.43. The molecule has 0 spiro atoms. The van der Waals surface area contributed by atoms with Crippen LogP contribution in [-0.4, -0.2) is 36.2 Å². The molecule has 1 fully saturated rings. The second-order valence-corrected chi connectivity index (χ2v) is 4.43. The van der Waals surface area contributed by atoms with Crippen molar-refractivity contribution in [1.29, 1.82) is 5.26 Å². The first-order valence-corrected chi connectivity index (χ1v) is 6.01. The summed E-state index contributed by atoms with van der Waals surface area (Å²) in [6.07, 6.45) is 0. The summed E-state index contributed by atoms with van der Waals surface area (Å²) >= 11 is 0. The Morgan fingerprint density at radius 3 is 2.50 bits per heavy atom. The highest BCUT2D eigenvalue weighted by Gasteiger charge is 2.24. The fraction of sp³-hybridized carbons (Fsp3) is 0.462.